The fourth-order valence-electron chi connectivity index (χ4n) is 2.22. The third-order valence-corrected chi connectivity index (χ3v) is 3.83. The van der Waals surface area contributed by atoms with Gasteiger partial charge in [-0.2, -0.15) is 4.98 Å². The minimum absolute atomic E-state index is 0. The maximum atomic E-state index is 11.3. The van der Waals surface area contributed by atoms with E-state index in [0.29, 0.717) is 35.4 Å². The molecule has 2 N–H and O–H groups in total. The van der Waals surface area contributed by atoms with E-state index in [0.717, 1.165) is 12.8 Å². The zero-order valence-corrected chi connectivity index (χ0v) is 14.3. The summed E-state index contributed by atoms with van der Waals surface area (Å²) in [6, 6.07) is 5.50. The largest absolute Gasteiger partial charge is 0.377 e. The van der Waals surface area contributed by atoms with Crippen molar-refractivity contribution in [1.82, 2.24) is 15.5 Å². The van der Waals surface area contributed by atoms with E-state index in [1.54, 1.807) is 12.1 Å². The van der Waals surface area contributed by atoms with Crippen molar-refractivity contribution in [3.8, 4) is 11.5 Å². The number of likely N-dealkylation sites (N-methyl/N-ethyl adjacent to an activating group) is 1. The van der Waals surface area contributed by atoms with Gasteiger partial charge in [-0.15, -0.1) is 12.4 Å². The van der Waals surface area contributed by atoms with Crippen molar-refractivity contribution in [1.29, 1.82) is 0 Å². The SMILES string of the molecule is CNC(C)Cc1noc(-c2ccc(NC3CC3)c([N+](=O)[O-])c2)n1.Cl. The van der Waals surface area contributed by atoms with E-state index >= 15 is 0 Å². The van der Waals surface area contributed by atoms with E-state index in [1.807, 2.05) is 14.0 Å². The van der Waals surface area contributed by atoms with Crippen LogP contribution in [0.25, 0.3) is 11.5 Å². The van der Waals surface area contributed by atoms with Crippen molar-refractivity contribution in [3.05, 3.63) is 34.1 Å². The van der Waals surface area contributed by atoms with Crippen LogP contribution in [-0.2, 0) is 6.42 Å². The molecule has 1 saturated carbocycles. The number of hydrogen-bond donors (Lipinski definition) is 2. The third-order valence-electron chi connectivity index (χ3n) is 3.83. The lowest BCUT2D eigenvalue weighted by molar-refractivity contribution is -0.383. The molecule has 0 radical (unpaired) electrons. The first-order valence-electron chi connectivity index (χ1n) is 7.62. The molecule has 24 heavy (non-hydrogen) atoms. The highest BCUT2D eigenvalue weighted by molar-refractivity contribution is 5.85. The molecule has 0 aliphatic heterocycles. The molecule has 1 unspecified atom stereocenters. The van der Waals surface area contributed by atoms with Crippen LogP contribution in [0.1, 0.15) is 25.6 Å². The monoisotopic (exact) mass is 353 g/mol. The highest BCUT2D eigenvalue weighted by atomic mass is 35.5. The van der Waals surface area contributed by atoms with Crippen molar-refractivity contribution >= 4 is 23.8 Å². The average molecular weight is 354 g/mol. The molecule has 1 aliphatic carbocycles. The van der Waals surface area contributed by atoms with Crippen LogP contribution in [0.15, 0.2) is 22.7 Å². The van der Waals surface area contributed by atoms with Gasteiger partial charge in [0.25, 0.3) is 11.6 Å². The third kappa shape index (κ3) is 4.21. The Balaban J connectivity index is 0.00000208. The maximum absolute atomic E-state index is 11.3. The number of benzene rings is 1. The first-order valence-corrected chi connectivity index (χ1v) is 7.62. The van der Waals surface area contributed by atoms with Crippen LogP contribution in [0.3, 0.4) is 0 Å². The molecule has 0 spiro atoms. The summed E-state index contributed by atoms with van der Waals surface area (Å²) in [4.78, 5) is 15.2. The minimum atomic E-state index is -0.394. The summed E-state index contributed by atoms with van der Waals surface area (Å²) in [5.74, 6) is 0.870. The quantitative estimate of drug-likeness (QED) is 0.582. The molecule has 1 aliphatic rings. The van der Waals surface area contributed by atoms with Gasteiger partial charge in [0.2, 0.25) is 0 Å². The fourth-order valence-corrected chi connectivity index (χ4v) is 2.22. The number of nitrogens with one attached hydrogen (secondary N) is 2. The van der Waals surface area contributed by atoms with Crippen molar-refractivity contribution in [3.63, 3.8) is 0 Å². The van der Waals surface area contributed by atoms with Crippen molar-refractivity contribution < 1.29 is 9.45 Å². The van der Waals surface area contributed by atoms with E-state index in [2.05, 4.69) is 20.8 Å². The highest BCUT2D eigenvalue weighted by Crippen LogP contribution is 2.33. The van der Waals surface area contributed by atoms with E-state index in [9.17, 15) is 10.1 Å². The Morgan fingerprint density at radius 1 is 1.46 bits per heavy atom. The predicted octanol–water partition coefficient (Wildman–Crippen LogP) is 2.79. The number of hydrogen-bond acceptors (Lipinski definition) is 7. The molecule has 1 aromatic carbocycles. The van der Waals surface area contributed by atoms with Crippen molar-refractivity contribution in [2.75, 3.05) is 12.4 Å². The molecule has 9 heteroatoms. The zero-order chi connectivity index (χ0) is 16.4. The lowest BCUT2D eigenvalue weighted by Gasteiger charge is -2.06. The Kier molecular flexibility index (Phi) is 5.74. The number of nitro benzene ring substituents is 1. The Morgan fingerprint density at radius 3 is 2.83 bits per heavy atom. The van der Waals surface area contributed by atoms with Gasteiger partial charge >= 0.3 is 0 Å². The minimum Gasteiger partial charge on any atom is -0.377 e. The Morgan fingerprint density at radius 2 is 2.21 bits per heavy atom. The molecule has 1 heterocycles. The second kappa shape index (κ2) is 7.59. The molecule has 8 nitrogen and oxygen atoms in total. The summed E-state index contributed by atoms with van der Waals surface area (Å²) in [5.41, 5.74) is 1.11. The number of anilines is 1. The van der Waals surface area contributed by atoms with Gasteiger partial charge in [-0.3, -0.25) is 10.1 Å². The van der Waals surface area contributed by atoms with E-state index in [4.69, 9.17) is 4.52 Å². The number of nitrogens with zero attached hydrogens (tertiary/aromatic N) is 3. The standard InChI is InChI=1S/C15H19N5O3.ClH/c1-9(16-2)7-14-18-15(23-19-14)10-3-6-12(17-11-4-5-11)13(8-10)20(21)22;/h3,6,8-9,11,16-17H,4-5,7H2,1-2H3;1H. The molecule has 0 bridgehead atoms. The van der Waals surface area contributed by atoms with Gasteiger partial charge in [0.05, 0.1) is 4.92 Å². The molecule has 1 atom stereocenters. The van der Waals surface area contributed by atoms with Crippen LogP contribution in [0, 0.1) is 10.1 Å². The van der Waals surface area contributed by atoms with Crippen LogP contribution in [0.4, 0.5) is 11.4 Å². The second-order valence-electron chi connectivity index (χ2n) is 5.82. The summed E-state index contributed by atoms with van der Waals surface area (Å²) >= 11 is 0. The maximum Gasteiger partial charge on any atom is 0.293 e. The first-order chi connectivity index (χ1) is 11.1. The lowest BCUT2D eigenvalue weighted by Crippen LogP contribution is -2.24. The number of nitro groups is 1. The van der Waals surface area contributed by atoms with E-state index in [1.165, 1.54) is 6.07 Å². The van der Waals surface area contributed by atoms with Crippen LogP contribution in [0.2, 0.25) is 0 Å². The van der Waals surface area contributed by atoms with E-state index in [-0.39, 0.29) is 24.1 Å². The van der Waals surface area contributed by atoms with Crippen LogP contribution < -0.4 is 10.6 Å². The molecule has 1 aromatic heterocycles. The molecule has 0 saturated heterocycles. The number of rotatable bonds is 7. The average Bonchev–Trinajstić information content (AvgIpc) is 3.23. The van der Waals surface area contributed by atoms with Gasteiger partial charge < -0.3 is 15.2 Å². The van der Waals surface area contributed by atoms with Gasteiger partial charge in [0, 0.05) is 30.1 Å². The van der Waals surface area contributed by atoms with Gasteiger partial charge in [-0.1, -0.05) is 5.16 Å². The molecule has 2 aromatic rings. The summed E-state index contributed by atoms with van der Waals surface area (Å²) < 4.78 is 5.23. The number of aromatic nitrogens is 2. The summed E-state index contributed by atoms with van der Waals surface area (Å²) in [5, 5.41) is 21.5. The van der Waals surface area contributed by atoms with Gasteiger partial charge in [0.1, 0.15) is 5.69 Å². The van der Waals surface area contributed by atoms with Gasteiger partial charge in [-0.25, -0.2) is 0 Å². The van der Waals surface area contributed by atoms with Crippen molar-refractivity contribution in [2.45, 2.75) is 38.3 Å². The smallest absolute Gasteiger partial charge is 0.293 e. The summed E-state index contributed by atoms with van der Waals surface area (Å²) in [7, 11) is 1.86. The Labute approximate surface area is 145 Å². The summed E-state index contributed by atoms with van der Waals surface area (Å²) in [6.07, 6.45) is 2.73. The molecule has 130 valence electrons. The normalized spacial score (nSPS) is 14.8. The van der Waals surface area contributed by atoms with Gasteiger partial charge in [0.15, 0.2) is 5.82 Å². The topological polar surface area (TPSA) is 106 Å². The first kappa shape index (κ1) is 18.2. The Bertz CT molecular complexity index is 717. The molecule has 1 fully saturated rings. The van der Waals surface area contributed by atoms with Crippen LogP contribution in [-0.4, -0.2) is 34.2 Å². The Hall–Kier alpha value is -2.19. The zero-order valence-electron chi connectivity index (χ0n) is 13.5. The highest BCUT2D eigenvalue weighted by Gasteiger charge is 2.25. The predicted molar refractivity (Wildman–Crippen MR) is 92.5 cm³/mol. The van der Waals surface area contributed by atoms with Crippen molar-refractivity contribution in [2.24, 2.45) is 0 Å². The molecular formula is C15H20ClN5O3. The lowest BCUT2D eigenvalue weighted by atomic mass is 10.1. The summed E-state index contributed by atoms with van der Waals surface area (Å²) in [6.45, 7) is 2.01. The van der Waals surface area contributed by atoms with Crippen LogP contribution in [0.5, 0.6) is 0 Å². The van der Waals surface area contributed by atoms with Gasteiger partial charge in [-0.05, 0) is 38.9 Å². The fraction of sp³-hybridized carbons (Fsp3) is 0.467. The molecule has 3 rings (SSSR count). The van der Waals surface area contributed by atoms with E-state index < -0.39 is 4.92 Å². The second-order valence-corrected chi connectivity index (χ2v) is 5.82. The molecule has 0 amide bonds. The number of halogens is 1. The van der Waals surface area contributed by atoms with Crippen LogP contribution >= 0.6 is 12.4 Å². The molecular weight excluding hydrogens is 334 g/mol.